The van der Waals surface area contributed by atoms with E-state index in [1.165, 1.54) is 19.1 Å². The first-order valence-electron chi connectivity index (χ1n) is 6.31. The molecule has 98 valence electrons. The highest BCUT2D eigenvalue weighted by Gasteiger charge is 2.25. The second-order valence-corrected chi connectivity index (χ2v) is 6.85. The maximum Gasteiger partial charge on any atom is 0.211 e. The molecule has 1 N–H and O–H groups in total. The Bertz CT molecular complexity index is 384. The Balaban J connectivity index is 1.81. The molecule has 1 saturated heterocycles. The number of piperidine rings is 1. The van der Waals surface area contributed by atoms with Crippen LogP contribution in [0, 0.1) is 0 Å². The first kappa shape index (κ1) is 12.8. The molecule has 0 amide bonds. The zero-order valence-electron chi connectivity index (χ0n) is 10.4. The zero-order chi connectivity index (χ0) is 12.3. The number of amidine groups is 1. The van der Waals surface area contributed by atoms with Crippen LogP contribution in [0.2, 0.25) is 0 Å². The Morgan fingerprint density at radius 2 is 2.00 bits per heavy atom. The summed E-state index contributed by atoms with van der Waals surface area (Å²) in [6.45, 7) is 2.19. The molecule has 2 aliphatic rings. The van der Waals surface area contributed by atoms with Crippen LogP contribution in [0.15, 0.2) is 4.99 Å². The average molecular weight is 259 g/mol. The van der Waals surface area contributed by atoms with Crippen LogP contribution in [-0.4, -0.2) is 50.5 Å². The van der Waals surface area contributed by atoms with Crippen molar-refractivity contribution in [3.63, 3.8) is 0 Å². The highest BCUT2D eigenvalue weighted by atomic mass is 32.2. The van der Waals surface area contributed by atoms with E-state index in [1.54, 1.807) is 4.31 Å². The molecular formula is C11H21N3O2S. The summed E-state index contributed by atoms with van der Waals surface area (Å²) in [7, 11) is -3.01. The Morgan fingerprint density at radius 1 is 1.29 bits per heavy atom. The van der Waals surface area contributed by atoms with Gasteiger partial charge < -0.3 is 5.32 Å². The van der Waals surface area contributed by atoms with Gasteiger partial charge in [0.1, 0.15) is 0 Å². The van der Waals surface area contributed by atoms with Crippen molar-refractivity contribution in [3.05, 3.63) is 0 Å². The summed E-state index contributed by atoms with van der Waals surface area (Å²) >= 11 is 0. The van der Waals surface area contributed by atoms with E-state index in [4.69, 9.17) is 0 Å². The largest absolute Gasteiger partial charge is 0.371 e. The van der Waals surface area contributed by atoms with E-state index in [-0.39, 0.29) is 0 Å². The molecule has 0 aromatic heterocycles. The van der Waals surface area contributed by atoms with Crippen molar-refractivity contribution in [2.24, 2.45) is 4.99 Å². The predicted molar refractivity (Wildman–Crippen MR) is 68.7 cm³/mol. The fourth-order valence-electron chi connectivity index (χ4n) is 2.38. The van der Waals surface area contributed by atoms with Gasteiger partial charge in [0.2, 0.25) is 10.0 Å². The van der Waals surface area contributed by atoms with Crippen LogP contribution >= 0.6 is 0 Å². The third kappa shape index (κ3) is 3.67. The minimum absolute atomic E-state index is 0.393. The van der Waals surface area contributed by atoms with Gasteiger partial charge in [-0.05, 0) is 25.7 Å². The van der Waals surface area contributed by atoms with Gasteiger partial charge in [-0.25, -0.2) is 12.7 Å². The molecule has 5 nitrogen and oxygen atoms in total. The topological polar surface area (TPSA) is 61.8 Å². The van der Waals surface area contributed by atoms with Crippen LogP contribution in [-0.2, 0) is 10.0 Å². The average Bonchev–Trinajstić information content (AvgIpc) is 2.30. The van der Waals surface area contributed by atoms with Crippen molar-refractivity contribution in [2.45, 2.75) is 38.1 Å². The van der Waals surface area contributed by atoms with Crippen LogP contribution < -0.4 is 5.32 Å². The molecule has 0 aromatic carbocycles. The summed E-state index contributed by atoms with van der Waals surface area (Å²) in [6, 6.07) is 0.393. The Hall–Kier alpha value is -0.620. The third-order valence-corrected chi connectivity index (χ3v) is 4.72. The van der Waals surface area contributed by atoms with E-state index in [0.29, 0.717) is 19.1 Å². The van der Waals surface area contributed by atoms with Gasteiger partial charge in [-0.15, -0.1) is 0 Å². The smallest absolute Gasteiger partial charge is 0.211 e. The lowest BCUT2D eigenvalue weighted by atomic mass is 10.1. The molecule has 1 fully saturated rings. The number of nitrogens with one attached hydrogen (secondary N) is 1. The van der Waals surface area contributed by atoms with Gasteiger partial charge in [-0.3, -0.25) is 4.99 Å². The van der Waals surface area contributed by atoms with Crippen molar-refractivity contribution >= 4 is 15.9 Å². The molecule has 2 rings (SSSR count). The van der Waals surface area contributed by atoms with Crippen LogP contribution in [0.4, 0.5) is 0 Å². The lowest BCUT2D eigenvalue weighted by molar-refractivity contribution is 0.308. The second kappa shape index (κ2) is 5.35. The number of hydrogen-bond acceptors (Lipinski definition) is 4. The first-order valence-corrected chi connectivity index (χ1v) is 8.15. The van der Waals surface area contributed by atoms with Crippen molar-refractivity contribution in [3.8, 4) is 0 Å². The second-order valence-electron chi connectivity index (χ2n) is 4.87. The minimum Gasteiger partial charge on any atom is -0.371 e. The molecule has 17 heavy (non-hydrogen) atoms. The first-order chi connectivity index (χ1) is 8.05. The Morgan fingerprint density at radius 3 is 2.53 bits per heavy atom. The van der Waals surface area contributed by atoms with Crippen molar-refractivity contribution < 1.29 is 8.42 Å². The molecule has 0 bridgehead atoms. The molecule has 2 aliphatic heterocycles. The fourth-order valence-corrected chi connectivity index (χ4v) is 3.26. The highest BCUT2D eigenvalue weighted by molar-refractivity contribution is 7.88. The maximum atomic E-state index is 11.4. The molecule has 6 heteroatoms. The molecule has 0 unspecified atom stereocenters. The Kier molecular flexibility index (Phi) is 4.04. The van der Waals surface area contributed by atoms with Crippen LogP contribution in [0.1, 0.15) is 32.1 Å². The van der Waals surface area contributed by atoms with Gasteiger partial charge in [0.25, 0.3) is 0 Å². The van der Waals surface area contributed by atoms with E-state index in [2.05, 4.69) is 10.3 Å². The summed E-state index contributed by atoms with van der Waals surface area (Å²) in [4.78, 5) is 4.47. The minimum atomic E-state index is -3.01. The van der Waals surface area contributed by atoms with Crippen molar-refractivity contribution in [1.82, 2.24) is 9.62 Å². The van der Waals surface area contributed by atoms with Gasteiger partial charge in [-0.2, -0.15) is 0 Å². The molecular weight excluding hydrogens is 238 g/mol. The summed E-state index contributed by atoms with van der Waals surface area (Å²) in [5, 5.41) is 3.46. The van der Waals surface area contributed by atoms with E-state index < -0.39 is 10.0 Å². The Labute approximate surface area is 103 Å². The van der Waals surface area contributed by atoms with Crippen molar-refractivity contribution in [1.29, 1.82) is 0 Å². The van der Waals surface area contributed by atoms with Gasteiger partial charge in [-0.1, -0.05) is 0 Å². The summed E-state index contributed by atoms with van der Waals surface area (Å²) in [6.07, 6.45) is 6.50. The third-order valence-electron chi connectivity index (χ3n) is 3.42. The molecule has 0 radical (unpaired) electrons. The molecule has 0 spiro atoms. The van der Waals surface area contributed by atoms with E-state index in [1.807, 2.05) is 0 Å². The molecule has 0 saturated carbocycles. The number of nitrogens with zero attached hydrogens (tertiary/aromatic N) is 2. The summed E-state index contributed by atoms with van der Waals surface area (Å²) in [5.74, 6) is 1.12. The lowest BCUT2D eigenvalue weighted by Gasteiger charge is -2.31. The number of hydrogen-bond donors (Lipinski definition) is 1. The standard InChI is InChI=1S/C11H21N3O2S/c1-17(15,16)14-8-5-10(6-9-14)13-11-4-2-3-7-12-11/h10H,2-9H2,1H3,(H,12,13). The molecule has 2 heterocycles. The SMILES string of the molecule is CS(=O)(=O)N1CCC(NC2=NCCCC2)CC1. The lowest BCUT2D eigenvalue weighted by Crippen LogP contribution is -2.46. The van der Waals surface area contributed by atoms with E-state index in [0.717, 1.165) is 31.6 Å². The van der Waals surface area contributed by atoms with Gasteiger partial charge >= 0.3 is 0 Å². The van der Waals surface area contributed by atoms with Gasteiger partial charge in [0.05, 0.1) is 12.1 Å². The highest BCUT2D eigenvalue weighted by Crippen LogP contribution is 2.14. The molecule has 0 atom stereocenters. The maximum absolute atomic E-state index is 11.4. The monoisotopic (exact) mass is 259 g/mol. The normalized spacial score (nSPS) is 24.4. The van der Waals surface area contributed by atoms with Gasteiger partial charge in [0, 0.05) is 32.1 Å². The van der Waals surface area contributed by atoms with Crippen LogP contribution in [0.3, 0.4) is 0 Å². The van der Waals surface area contributed by atoms with Crippen LogP contribution in [0.25, 0.3) is 0 Å². The fraction of sp³-hybridized carbons (Fsp3) is 0.909. The number of sulfonamides is 1. The summed E-state index contributed by atoms with van der Waals surface area (Å²) in [5.41, 5.74) is 0. The van der Waals surface area contributed by atoms with Crippen LogP contribution in [0.5, 0.6) is 0 Å². The predicted octanol–water partition coefficient (Wildman–Crippen LogP) is 0.582. The quantitative estimate of drug-likeness (QED) is 0.789. The summed E-state index contributed by atoms with van der Waals surface area (Å²) < 4.78 is 24.3. The van der Waals surface area contributed by atoms with Crippen molar-refractivity contribution in [2.75, 3.05) is 25.9 Å². The number of aliphatic imine (C=N–C) groups is 1. The molecule has 0 aliphatic carbocycles. The number of rotatable bonds is 2. The van der Waals surface area contributed by atoms with E-state index in [9.17, 15) is 8.42 Å². The van der Waals surface area contributed by atoms with E-state index >= 15 is 0 Å². The van der Waals surface area contributed by atoms with Gasteiger partial charge in [0.15, 0.2) is 0 Å². The zero-order valence-corrected chi connectivity index (χ0v) is 11.2. The molecule has 0 aromatic rings.